The summed E-state index contributed by atoms with van der Waals surface area (Å²) in [6.45, 7) is 13.7. The zero-order chi connectivity index (χ0) is 11.7. The molecule has 1 nitrogen and oxygen atoms in total. The van der Waals surface area contributed by atoms with Crippen LogP contribution in [0.25, 0.3) is 0 Å². The highest BCUT2D eigenvalue weighted by Crippen LogP contribution is 2.05. The fourth-order valence-corrected chi connectivity index (χ4v) is 1.68. The highest BCUT2D eigenvalue weighted by atomic mass is 15.1. The minimum atomic E-state index is 0.750. The highest BCUT2D eigenvalue weighted by Gasteiger charge is 2.04. The molecule has 0 radical (unpaired) electrons. The van der Waals surface area contributed by atoms with Crippen molar-refractivity contribution < 1.29 is 0 Å². The van der Waals surface area contributed by atoms with Crippen LogP contribution >= 0.6 is 0 Å². The van der Waals surface area contributed by atoms with Gasteiger partial charge in [-0.3, -0.25) is 0 Å². The predicted molar refractivity (Wildman–Crippen MR) is 69.9 cm³/mol. The van der Waals surface area contributed by atoms with Gasteiger partial charge in [0.05, 0.1) is 0 Å². The van der Waals surface area contributed by atoms with Gasteiger partial charge in [0, 0.05) is 13.1 Å². The molecule has 0 atom stereocenters. The van der Waals surface area contributed by atoms with Crippen LogP contribution in [0, 0.1) is 11.8 Å². The van der Waals surface area contributed by atoms with Crippen molar-refractivity contribution in [1.29, 1.82) is 0 Å². The van der Waals surface area contributed by atoms with Crippen molar-refractivity contribution in [2.45, 2.75) is 53.9 Å². The summed E-state index contributed by atoms with van der Waals surface area (Å²) in [5, 5.41) is 0. The van der Waals surface area contributed by atoms with E-state index in [1.807, 2.05) is 0 Å². The minimum Gasteiger partial charge on any atom is -0.377 e. The van der Waals surface area contributed by atoms with E-state index in [-0.39, 0.29) is 0 Å². The van der Waals surface area contributed by atoms with E-state index < -0.39 is 0 Å². The molecule has 0 spiro atoms. The number of nitrogens with zero attached hydrogens (tertiary/aromatic N) is 1. The Labute approximate surface area is 96.6 Å². The van der Waals surface area contributed by atoms with E-state index in [2.05, 4.69) is 51.8 Å². The summed E-state index contributed by atoms with van der Waals surface area (Å²) >= 11 is 0. The Morgan fingerprint density at radius 3 is 1.93 bits per heavy atom. The third-order valence-corrected chi connectivity index (χ3v) is 2.24. The molecular weight excluding hydrogens is 182 g/mol. The van der Waals surface area contributed by atoms with Gasteiger partial charge in [-0.1, -0.05) is 53.5 Å². The molecule has 0 aliphatic heterocycles. The fraction of sp³-hybridized carbons (Fsp3) is 0.857. The molecule has 15 heavy (non-hydrogen) atoms. The van der Waals surface area contributed by atoms with Gasteiger partial charge in [0.25, 0.3) is 0 Å². The van der Waals surface area contributed by atoms with Crippen molar-refractivity contribution in [3.8, 4) is 0 Å². The first-order valence-corrected chi connectivity index (χ1v) is 6.47. The second kappa shape index (κ2) is 8.82. The molecule has 0 aliphatic carbocycles. The molecule has 0 heterocycles. The molecule has 0 aromatic carbocycles. The van der Waals surface area contributed by atoms with Crippen molar-refractivity contribution in [2.75, 3.05) is 13.1 Å². The summed E-state index contributed by atoms with van der Waals surface area (Å²) in [6.07, 6.45) is 8.46. The number of hydrogen-bond acceptors (Lipinski definition) is 1. The highest BCUT2D eigenvalue weighted by molar-refractivity contribution is 4.83. The topological polar surface area (TPSA) is 3.24 Å². The molecule has 0 saturated carbocycles. The molecule has 0 unspecified atom stereocenters. The van der Waals surface area contributed by atoms with Crippen LogP contribution in [-0.4, -0.2) is 18.0 Å². The van der Waals surface area contributed by atoms with E-state index in [0.717, 1.165) is 11.8 Å². The Balaban J connectivity index is 3.93. The Hall–Kier alpha value is -0.460. The lowest BCUT2D eigenvalue weighted by Crippen LogP contribution is -2.26. The van der Waals surface area contributed by atoms with Crippen LogP contribution < -0.4 is 0 Å². The molecule has 0 fully saturated rings. The first-order valence-electron chi connectivity index (χ1n) is 6.47. The molecule has 1 heteroatoms. The second-order valence-electron chi connectivity index (χ2n) is 5.27. The van der Waals surface area contributed by atoms with Gasteiger partial charge in [0.15, 0.2) is 0 Å². The Kier molecular flexibility index (Phi) is 8.55. The van der Waals surface area contributed by atoms with E-state index in [9.17, 15) is 0 Å². The molecule has 0 saturated heterocycles. The smallest absolute Gasteiger partial charge is 0.0195 e. The average Bonchev–Trinajstić information content (AvgIpc) is 2.10. The molecular formula is C14H29N. The number of rotatable bonds is 8. The second-order valence-corrected chi connectivity index (χ2v) is 5.27. The molecule has 0 rings (SSSR count). The zero-order valence-corrected chi connectivity index (χ0v) is 11.3. The van der Waals surface area contributed by atoms with Crippen LogP contribution in [0.2, 0.25) is 0 Å². The summed E-state index contributed by atoms with van der Waals surface area (Å²) < 4.78 is 0. The lowest BCUT2D eigenvalue weighted by atomic mass is 10.1. The Morgan fingerprint density at radius 1 is 1.00 bits per heavy atom. The quantitative estimate of drug-likeness (QED) is 0.541. The van der Waals surface area contributed by atoms with Crippen LogP contribution in [0.5, 0.6) is 0 Å². The van der Waals surface area contributed by atoms with Crippen LogP contribution in [0.3, 0.4) is 0 Å². The lowest BCUT2D eigenvalue weighted by Gasteiger charge is -2.24. The third-order valence-electron chi connectivity index (χ3n) is 2.24. The summed E-state index contributed by atoms with van der Waals surface area (Å²) in [5.74, 6) is 1.50. The summed E-state index contributed by atoms with van der Waals surface area (Å²) in [4.78, 5) is 2.46. The Bertz CT molecular complexity index is 149. The van der Waals surface area contributed by atoms with Crippen LogP contribution in [0.1, 0.15) is 53.9 Å². The van der Waals surface area contributed by atoms with Gasteiger partial charge in [0.1, 0.15) is 0 Å². The van der Waals surface area contributed by atoms with E-state index in [4.69, 9.17) is 0 Å². The van der Waals surface area contributed by atoms with Gasteiger partial charge in [-0.2, -0.15) is 0 Å². The largest absolute Gasteiger partial charge is 0.377 e. The van der Waals surface area contributed by atoms with E-state index in [1.54, 1.807) is 0 Å². The van der Waals surface area contributed by atoms with Crippen molar-refractivity contribution in [3.05, 3.63) is 12.3 Å². The maximum absolute atomic E-state index is 2.46. The van der Waals surface area contributed by atoms with Gasteiger partial charge >= 0.3 is 0 Å². The van der Waals surface area contributed by atoms with Gasteiger partial charge in [-0.05, 0) is 24.5 Å². The Morgan fingerprint density at radius 2 is 1.53 bits per heavy atom. The van der Waals surface area contributed by atoms with Crippen molar-refractivity contribution >= 4 is 0 Å². The monoisotopic (exact) mass is 211 g/mol. The molecule has 0 aliphatic rings. The first kappa shape index (κ1) is 14.5. The SMILES string of the molecule is CCCCC=CN(CC(C)C)CC(C)C. The molecule has 0 amide bonds. The fourth-order valence-electron chi connectivity index (χ4n) is 1.68. The van der Waals surface area contributed by atoms with Crippen LogP contribution in [0.4, 0.5) is 0 Å². The summed E-state index contributed by atoms with van der Waals surface area (Å²) in [5.41, 5.74) is 0. The maximum Gasteiger partial charge on any atom is 0.0195 e. The number of hydrogen-bond donors (Lipinski definition) is 0. The number of unbranched alkanes of at least 4 members (excludes halogenated alkanes) is 2. The average molecular weight is 211 g/mol. The zero-order valence-electron chi connectivity index (χ0n) is 11.3. The summed E-state index contributed by atoms with van der Waals surface area (Å²) in [7, 11) is 0. The normalized spacial score (nSPS) is 11.9. The van der Waals surface area contributed by atoms with Gasteiger partial charge < -0.3 is 4.90 Å². The molecule has 90 valence electrons. The molecule has 0 aromatic rings. The van der Waals surface area contributed by atoms with Gasteiger partial charge in [-0.25, -0.2) is 0 Å². The summed E-state index contributed by atoms with van der Waals surface area (Å²) in [6, 6.07) is 0. The predicted octanol–water partition coefficient (Wildman–Crippen LogP) is 4.30. The molecule has 0 bridgehead atoms. The standard InChI is InChI=1S/C14H29N/c1-6-7-8-9-10-15(11-13(2)3)12-14(4)5/h9-10,13-14H,6-8,11-12H2,1-5H3. The number of allylic oxidation sites excluding steroid dienone is 1. The van der Waals surface area contributed by atoms with Crippen LogP contribution in [0.15, 0.2) is 12.3 Å². The van der Waals surface area contributed by atoms with Gasteiger partial charge in [-0.15, -0.1) is 0 Å². The van der Waals surface area contributed by atoms with Crippen molar-refractivity contribution in [2.24, 2.45) is 11.8 Å². The van der Waals surface area contributed by atoms with Crippen molar-refractivity contribution in [3.63, 3.8) is 0 Å². The molecule has 0 N–H and O–H groups in total. The van der Waals surface area contributed by atoms with E-state index in [1.165, 1.54) is 32.4 Å². The van der Waals surface area contributed by atoms with Gasteiger partial charge in [0.2, 0.25) is 0 Å². The lowest BCUT2D eigenvalue weighted by molar-refractivity contribution is 0.296. The van der Waals surface area contributed by atoms with Crippen LogP contribution in [-0.2, 0) is 0 Å². The van der Waals surface area contributed by atoms with Crippen molar-refractivity contribution in [1.82, 2.24) is 4.90 Å². The molecule has 0 aromatic heterocycles. The maximum atomic E-state index is 2.46. The first-order chi connectivity index (χ1) is 7.06. The third kappa shape index (κ3) is 9.84. The minimum absolute atomic E-state index is 0.750. The van der Waals surface area contributed by atoms with E-state index in [0.29, 0.717) is 0 Å². The van der Waals surface area contributed by atoms with E-state index >= 15 is 0 Å².